The summed E-state index contributed by atoms with van der Waals surface area (Å²) in [5.41, 5.74) is 0.394. The summed E-state index contributed by atoms with van der Waals surface area (Å²) in [6.45, 7) is 0. The number of aromatic nitrogens is 2. The first-order valence-corrected chi connectivity index (χ1v) is 5.76. The van der Waals surface area contributed by atoms with E-state index in [9.17, 15) is 17.6 Å². The summed E-state index contributed by atoms with van der Waals surface area (Å²) in [6, 6.07) is 8.95. The first-order chi connectivity index (χ1) is 9.43. The number of fused-ring (bicyclic) bond motifs is 1. The molecular formula is C14H8F4N2. The van der Waals surface area contributed by atoms with Gasteiger partial charge in [-0.05, 0) is 30.3 Å². The highest BCUT2D eigenvalue weighted by molar-refractivity contribution is 5.80. The van der Waals surface area contributed by atoms with Crippen molar-refractivity contribution in [3.63, 3.8) is 0 Å². The second-order valence-corrected chi connectivity index (χ2v) is 4.33. The molecule has 1 aromatic heterocycles. The third-order valence-electron chi connectivity index (χ3n) is 2.91. The molecule has 0 aliphatic heterocycles. The van der Waals surface area contributed by atoms with Gasteiger partial charge in [-0.15, -0.1) is 0 Å². The van der Waals surface area contributed by atoms with Crippen molar-refractivity contribution in [1.29, 1.82) is 0 Å². The van der Waals surface area contributed by atoms with Gasteiger partial charge in [-0.1, -0.05) is 12.1 Å². The number of aromatic amines is 1. The summed E-state index contributed by atoms with van der Waals surface area (Å²) in [5.74, 6) is -0.0993. The Kier molecular flexibility index (Phi) is 2.74. The van der Waals surface area contributed by atoms with Crippen LogP contribution >= 0.6 is 0 Å². The van der Waals surface area contributed by atoms with Gasteiger partial charge in [0.05, 0.1) is 16.6 Å². The molecule has 0 aliphatic carbocycles. The van der Waals surface area contributed by atoms with Crippen molar-refractivity contribution >= 4 is 11.0 Å². The van der Waals surface area contributed by atoms with E-state index in [1.807, 2.05) is 0 Å². The average Bonchev–Trinajstić information content (AvgIpc) is 2.80. The molecule has 0 bridgehead atoms. The number of H-pyrrole nitrogens is 1. The zero-order valence-electron chi connectivity index (χ0n) is 10.0. The third kappa shape index (κ3) is 2.24. The number of alkyl halides is 3. The fourth-order valence-electron chi connectivity index (χ4n) is 1.96. The summed E-state index contributed by atoms with van der Waals surface area (Å²) in [4.78, 5) is 6.93. The maximum absolute atomic E-state index is 13.1. The number of halogens is 4. The van der Waals surface area contributed by atoms with E-state index in [-0.39, 0.29) is 5.52 Å². The number of imidazole rings is 1. The predicted octanol–water partition coefficient (Wildman–Crippen LogP) is 4.39. The lowest BCUT2D eigenvalue weighted by atomic mass is 10.2. The Bertz CT molecular complexity index is 774. The van der Waals surface area contributed by atoms with Crippen molar-refractivity contribution in [2.45, 2.75) is 6.18 Å². The molecule has 0 saturated heterocycles. The molecule has 1 heterocycles. The Morgan fingerprint density at radius 2 is 1.80 bits per heavy atom. The van der Waals surface area contributed by atoms with Gasteiger partial charge in [0.15, 0.2) is 0 Å². The van der Waals surface area contributed by atoms with Gasteiger partial charge < -0.3 is 4.98 Å². The Hall–Kier alpha value is -2.37. The molecule has 6 heteroatoms. The zero-order valence-corrected chi connectivity index (χ0v) is 10.0. The van der Waals surface area contributed by atoms with Crippen molar-refractivity contribution < 1.29 is 17.6 Å². The van der Waals surface area contributed by atoms with Crippen LogP contribution in [-0.2, 0) is 6.18 Å². The Labute approximate surface area is 111 Å². The van der Waals surface area contributed by atoms with Crippen LogP contribution in [0.3, 0.4) is 0 Å². The number of rotatable bonds is 1. The summed E-state index contributed by atoms with van der Waals surface area (Å²) in [7, 11) is 0. The Morgan fingerprint density at radius 1 is 1.00 bits per heavy atom. The van der Waals surface area contributed by atoms with E-state index in [1.165, 1.54) is 24.3 Å². The smallest absolute Gasteiger partial charge is 0.338 e. The minimum Gasteiger partial charge on any atom is -0.338 e. The van der Waals surface area contributed by atoms with Crippen LogP contribution < -0.4 is 0 Å². The van der Waals surface area contributed by atoms with Crippen LogP contribution in [0.25, 0.3) is 22.4 Å². The summed E-state index contributed by atoms with van der Waals surface area (Å²) in [5, 5.41) is 0. The second-order valence-electron chi connectivity index (χ2n) is 4.33. The molecule has 2 aromatic carbocycles. The van der Waals surface area contributed by atoms with E-state index in [0.29, 0.717) is 16.9 Å². The lowest BCUT2D eigenvalue weighted by molar-refractivity contribution is -0.137. The number of benzene rings is 2. The molecular weight excluding hydrogens is 272 g/mol. The number of nitrogens with one attached hydrogen (secondary N) is 1. The van der Waals surface area contributed by atoms with E-state index >= 15 is 0 Å². The normalized spacial score (nSPS) is 12.0. The molecule has 0 radical (unpaired) electrons. The van der Waals surface area contributed by atoms with Gasteiger partial charge in [0.1, 0.15) is 11.6 Å². The molecule has 0 aliphatic rings. The second kappa shape index (κ2) is 4.33. The lowest BCUT2D eigenvalue weighted by Crippen LogP contribution is -2.04. The lowest BCUT2D eigenvalue weighted by Gasteiger charge is -2.05. The summed E-state index contributed by atoms with van der Waals surface area (Å²) >= 11 is 0. The first-order valence-electron chi connectivity index (χ1n) is 5.76. The van der Waals surface area contributed by atoms with Gasteiger partial charge in [0.25, 0.3) is 0 Å². The molecule has 0 fully saturated rings. The molecule has 2 nitrogen and oxygen atoms in total. The molecule has 3 aromatic rings. The standard InChI is InChI=1S/C14H8F4N2/c15-10-3-1-2-8(6-10)13-19-11-5-4-9(14(16,17)18)7-12(11)20-13/h1-7H,(H,19,20). The maximum atomic E-state index is 13.1. The molecule has 0 saturated carbocycles. The first kappa shape index (κ1) is 12.7. The third-order valence-corrected chi connectivity index (χ3v) is 2.91. The number of hydrogen-bond acceptors (Lipinski definition) is 1. The minimum absolute atomic E-state index is 0.263. The topological polar surface area (TPSA) is 28.7 Å². The van der Waals surface area contributed by atoms with Gasteiger partial charge in [-0.25, -0.2) is 9.37 Å². The Balaban J connectivity index is 2.11. The molecule has 1 N–H and O–H groups in total. The highest BCUT2D eigenvalue weighted by Crippen LogP contribution is 2.31. The molecule has 20 heavy (non-hydrogen) atoms. The van der Waals surface area contributed by atoms with Crippen LogP contribution in [0.5, 0.6) is 0 Å². The van der Waals surface area contributed by atoms with Crippen molar-refractivity contribution in [2.24, 2.45) is 0 Å². The van der Waals surface area contributed by atoms with Crippen LogP contribution in [-0.4, -0.2) is 9.97 Å². The maximum Gasteiger partial charge on any atom is 0.416 e. The van der Waals surface area contributed by atoms with Crippen molar-refractivity contribution in [3.8, 4) is 11.4 Å². The fourth-order valence-corrected chi connectivity index (χ4v) is 1.96. The number of hydrogen-bond donors (Lipinski definition) is 1. The van der Waals surface area contributed by atoms with E-state index in [2.05, 4.69) is 9.97 Å². The average molecular weight is 280 g/mol. The monoisotopic (exact) mass is 280 g/mol. The summed E-state index contributed by atoms with van der Waals surface area (Å²) in [6.07, 6.45) is -4.40. The van der Waals surface area contributed by atoms with Crippen LogP contribution in [0.1, 0.15) is 5.56 Å². The van der Waals surface area contributed by atoms with Crippen LogP contribution in [0.4, 0.5) is 17.6 Å². The van der Waals surface area contributed by atoms with Crippen molar-refractivity contribution in [2.75, 3.05) is 0 Å². The largest absolute Gasteiger partial charge is 0.416 e. The van der Waals surface area contributed by atoms with Crippen LogP contribution in [0.15, 0.2) is 42.5 Å². The van der Waals surface area contributed by atoms with E-state index in [1.54, 1.807) is 6.07 Å². The molecule has 3 rings (SSSR count). The molecule has 102 valence electrons. The fraction of sp³-hybridized carbons (Fsp3) is 0.0714. The quantitative estimate of drug-likeness (QED) is 0.658. The van der Waals surface area contributed by atoms with Crippen LogP contribution in [0.2, 0.25) is 0 Å². The van der Waals surface area contributed by atoms with Gasteiger partial charge in [0.2, 0.25) is 0 Å². The van der Waals surface area contributed by atoms with Gasteiger partial charge in [-0.3, -0.25) is 0 Å². The summed E-state index contributed by atoms with van der Waals surface area (Å²) < 4.78 is 51.0. The van der Waals surface area contributed by atoms with E-state index < -0.39 is 17.6 Å². The molecule has 0 amide bonds. The van der Waals surface area contributed by atoms with E-state index in [0.717, 1.165) is 12.1 Å². The van der Waals surface area contributed by atoms with Gasteiger partial charge >= 0.3 is 6.18 Å². The van der Waals surface area contributed by atoms with E-state index in [4.69, 9.17) is 0 Å². The van der Waals surface area contributed by atoms with Crippen molar-refractivity contribution in [1.82, 2.24) is 9.97 Å². The predicted molar refractivity (Wildman–Crippen MR) is 66.5 cm³/mol. The minimum atomic E-state index is -4.40. The molecule has 0 spiro atoms. The zero-order chi connectivity index (χ0) is 14.3. The van der Waals surface area contributed by atoms with Gasteiger partial charge in [0, 0.05) is 5.56 Å². The van der Waals surface area contributed by atoms with Gasteiger partial charge in [-0.2, -0.15) is 13.2 Å². The molecule has 0 unspecified atom stereocenters. The molecule has 0 atom stereocenters. The van der Waals surface area contributed by atoms with Crippen LogP contribution in [0, 0.1) is 5.82 Å². The van der Waals surface area contributed by atoms with Crippen molar-refractivity contribution in [3.05, 3.63) is 53.8 Å². The highest BCUT2D eigenvalue weighted by Gasteiger charge is 2.30. The Morgan fingerprint density at radius 3 is 2.50 bits per heavy atom. The number of nitrogens with zero attached hydrogens (tertiary/aromatic N) is 1. The SMILES string of the molecule is Fc1cccc(-c2nc3ccc(C(F)(F)F)cc3[nH]2)c1. The highest BCUT2D eigenvalue weighted by atomic mass is 19.4.